The van der Waals surface area contributed by atoms with Crippen LogP contribution in [0.4, 0.5) is 5.82 Å². The van der Waals surface area contributed by atoms with Crippen molar-refractivity contribution < 1.29 is 4.79 Å². The zero-order valence-corrected chi connectivity index (χ0v) is 11.8. The number of nitrogens with zero attached hydrogens (tertiary/aromatic N) is 1. The fraction of sp³-hybridized carbons (Fsp3) is 0.286. The summed E-state index contributed by atoms with van der Waals surface area (Å²) in [4.78, 5) is 12.2. The molecule has 2 aromatic rings. The quantitative estimate of drug-likeness (QED) is 0.636. The van der Waals surface area contributed by atoms with Gasteiger partial charge in [0.25, 0.3) is 5.91 Å². The summed E-state index contributed by atoms with van der Waals surface area (Å²) in [5.74, 6) is 0.0684. The number of carbonyl (C=O) groups is 1. The molecule has 6 heteroatoms. The van der Waals surface area contributed by atoms with Crippen LogP contribution in [0.3, 0.4) is 0 Å². The Balaban J connectivity index is 2.38. The molecule has 0 aliphatic carbocycles. The molecule has 0 fully saturated rings. The van der Waals surface area contributed by atoms with Gasteiger partial charge in [-0.05, 0) is 31.9 Å². The van der Waals surface area contributed by atoms with Crippen LogP contribution in [0.1, 0.15) is 29.9 Å². The van der Waals surface area contributed by atoms with E-state index < -0.39 is 0 Å². The molecule has 1 aromatic heterocycles. The Labute approximate surface area is 117 Å². The van der Waals surface area contributed by atoms with E-state index in [-0.39, 0.29) is 17.6 Å². The van der Waals surface area contributed by atoms with E-state index in [4.69, 9.17) is 5.73 Å². The number of aromatic amines is 1. The number of hydrogen-bond donors (Lipinski definition) is 4. The molecule has 5 N–H and O–H groups in total. The van der Waals surface area contributed by atoms with Gasteiger partial charge >= 0.3 is 0 Å². The highest BCUT2D eigenvalue weighted by Crippen LogP contribution is 2.30. The third kappa shape index (κ3) is 2.80. The minimum absolute atomic E-state index is 0.136. The average molecular weight is 273 g/mol. The van der Waals surface area contributed by atoms with E-state index >= 15 is 0 Å². The molecule has 106 valence electrons. The van der Waals surface area contributed by atoms with Crippen molar-refractivity contribution in [3.8, 4) is 11.1 Å². The summed E-state index contributed by atoms with van der Waals surface area (Å²) in [7, 11) is 0. The number of nitrogens with one attached hydrogen (secondary N) is 3. The summed E-state index contributed by atoms with van der Waals surface area (Å²) in [6, 6.07) is 7.87. The number of hydrogen-bond acceptors (Lipinski definition) is 4. The Hall–Kier alpha value is -2.34. The zero-order chi connectivity index (χ0) is 14.7. The second-order valence-corrected chi connectivity index (χ2v) is 4.93. The minimum Gasteiger partial charge on any atom is -0.384 e. The molecule has 20 heavy (non-hydrogen) atoms. The van der Waals surface area contributed by atoms with Crippen molar-refractivity contribution in [2.75, 3.05) is 5.73 Å². The first-order valence-electron chi connectivity index (χ1n) is 6.46. The number of H-pyrrole nitrogens is 1. The van der Waals surface area contributed by atoms with Crippen LogP contribution in [0.25, 0.3) is 11.1 Å². The van der Waals surface area contributed by atoms with Crippen molar-refractivity contribution in [3.63, 3.8) is 0 Å². The van der Waals surface area contributed by atoms with E-state index in [0.717, 1.165) is 11.1 Å². The molecule has 2 rings (SSSR count). The minimum atomic E-state index is -0.315. The van der Waals surface area contributed by atoms with Crippen molar-refractivity contribution >= 4 is 11.7 Å². The summed E-state index contributed by atoms with van der Waals surface area (Å²) in [5, 5.41) is 6.68. The van der Waals surface area contributed by atoms with E-state index in [0.29, 0.717) is 11.4 Å². The number of hydrazine groups is 1. The number of amides is 1. The molecular formula is C14H19N5O. The van der Waals surface area contributed by atoms with Gasteiger partial charge in [0.2, 0.25) is 0 Å². The van der Waals surface area contributed by atoms with Gasteiger partial charge < -0.3 is 5.73 Å². The molecule has 6 nitrogen and oxygen atoms in total. The Morgan fingerprint density at radius 2 is 2.05 bits per heavy atom. The third-order valence-electron chi connectivity index (χ3n) is 2.90. The van der Waals surface area contributed by atoms with Crippen molar-refractivity contribution in [3.05, 3.63) is 35.5 Å². The summed E-state index contributed by atoms with van der Waals surface area (Å²) in [6.45, 7) is 5.83. The lowest BCUT2D eigenvalue weighted by atomic mass is 10.00. The molecule has 0 atom stereocenters. The van der Waals surface area contributed by atoms with Gasteiger partial charge in [-0.25, -0.2) is 5.43 Å². The number of anilines is 1. The molecule has 1 amide bonds. The van der Waals surface area contributed by atoms with Crippen LogP contribution in [-0.2, 0) is 0 Å². The largest absolute Gasteiger partial charge is 0.384 e. The van der Waals surface area contributed by atoms with Crippen molar-refractivity contribution in [1.82, 2.24) is 21.0 Å². The maximum absolute atomic E-state index is 12.2. The second kappa shape index (κ2) is 5.75. The lowest BCUT2D eigenvalue weighted by molar-refractivity contribution is 0.0923. The predicted molar refractivity (Wildman–Crippen MR) is 78.9 cm³/mol. The Morgan fingerprint density at radius 3 is 2.70 bits per heavy atom. The van der Waals surface area contributed by atoms with Crippen LogP contribution >= 0.6 is 0 Å². The van der Waals surface area contributed by atoms with Crippen LogP contribution in [0.5, 0.6) is 0 Å². The topological polar surface area (TPSA) is 95.8 Å². The standard InChI is InChI=1S/C14H19N5O/c1-8(2)16-19-14(20)12-11(13(15)18-17-12)10-7-5-4-6-9(10)3/h4-8,16H,1-3H3,(H,19,20)(H3,15,17,18). The van der Waals surface area contributed by atoms with Crippen LogP contribution in [0.15, 0.2) is 24.3 Å². The van der Waals surface area contributed by atoms with Gasteiger partial charge in [-0.1, -0.05) is 24.3 Å². The van der Waals surface area contributed by atoms with Crippen LogP contribution in [0.2, 0.25) is 0 Å². The highest BCUT2D eigenvalue weighted by atomic mass is 16.2. The van der Waals surface area contributed by atoms with Crippen LogP contribution < -0.4 is 16.6 Å². The van der Waals surface area contributed by atoms with Gasteiger partial charge in [-0.15, -0.1) is 0 Å². The fourth-order valence-electron chi connectivity index (χ4n) is 1.91. The van der Waals surface area contributed by atoms with E-state index in [2.05, 4.69) is 21.0 Å². The first-order valence-corrected chi connectivity index (χ1v) is 6.46. The Kier molecular flexibility index (Phi) is 4.05. The number of benzene rings is 1. The number of rotatable bonds is 4. The summed E-state index contributed by atoms with van der Waals surface area (Å²) in [6.07, 6.45) is 0. The van der Waals surface area contributed by atoms with Gasteiger partial charge in [0.1, 0.15) is 5.82 Å². The Morgan fingerprint density at radius 1 is 1.35 bits per heavy atom. The third-order valence-corrected chi connectivity index (χ3v) is 2.90. The zero-order valence-electron chi connectivity index (χ0n) is 11.8. The van der Waals surface area contributed by atoms with E-state index in [1.54, 1.807) is 0 Å². The highest BCUT2D eigenvalue weighted by Gasteiger charge is 2.20. The monoisotopic (exact) mass is 273 g/mol. The molecule has 0 aliphatic rings. The van der Waals surface area contributed by atoms with Crippen molar-refractivity contribution in [2.24, 2.45) is 0 Å². The van der Waals surface area contributed by atoms with E-state index in [9.17, 15) is 4.79 Å². The van der Waals surface area contributed by atoms with Crippen LogP contribution in [-0.4, -0.2) is 22.1 Å². The Bertz CT molecular complexity index is 618. The van der Waals surface area contributed by atoms with E-state index in [1.165, 1.54) is 0 Å². The lowest BCUT2D eigenvalue weighted by Crippen LogP contribution is -2.42. The lowest BCUT2D eigenvalue weighted by Gasteiger charge is -2.10. The number of nitrogens with two attached hydrogens (primary N) is 1. The molecule has 0 unspecified atom stereocenters. The fourth-order valence-corrected chi connectivity index (χ4v) is 1.91. The highest BCUT2D eigenvalue weighted by molar-refractivity contribution is 6.01. The van der Waals surface area contributed by atoms with Crippen molar-refractivity contribution in [2.45, 2.75) is 26.8 Å². The molecule has 0 saturated carbocycles. The maximum Gasteiger partial charge on any atom is 0.286 e. The molecule has 1 aromatic carbocycles. The number of aryl methyl sites for hydroxylation is 1. The molecule has 0 saturated heterocycles. The van der Waals surface area contributed by atoms with Gasteiger partial charge in [0.15, 0.2) is 5.69 Å². The average Bonchev–Trinajstić information content (AvgIpc) is 2.78. The predicted octanol–water partition coefficient (Wildman–Crippen LogP) is 1.61. The first-order chi connectivity index (χ1) is 9.50. The molecule has 0 aliphatic heterocycles. The summed E-state index contributed by atoms with van der Waals surface area (Å²) in [5.41, 5.74) is 14.2. The van der Waals surface area contributed by atoms with Gasteiger partial charge in [0.05, 0.1) is 5.56 Å². The summed E-state index contributed by atoms with van der Waals surface area (Å²) < 4.78 is 0. The molecule has 0 bridgehead atoms. The molecule has 0 spiro atoms. The van der Waals surface area contributed by atoms with E-state index in [1.807, 2.05) is 45.0 Å². The normalized spacial score (nSPS) is 10.8. The number of aromatic nitrogens is 2. The summed E-state index contributed by atoms with van der Waals surface area (Å²) >= 11 is 0. The van der Waals surface area contributed by atoms with Gasteiger partial charge in [-0.3, -0.25) is 15.3 Å². The molecular weight excluding hydrogens is 254 g/mol. The second-order valence-electron chi connectivity index (χ2n) is 4.93. The van der Waals surface area contributed by atoms with Crippen molar-refractivity contribution in [1.29, 1.82) is 0 Å². The smallest absolute Gasteiger partial charge is 0.286 e. The maximum atomic E-state index is 12.2. The SMILES string of the molecule is Cc1ccccc1-c1c(C(=O)NNC(C)C)n[nH]c1N. The number of nitrogen functional groups attached to an aromatic ring is 1. The first kappa shape index (κ1) is 14.1. The van der Waals surface area contributed by atoms with Crippen LogP contribution in [0, 0.1) is 6.92 Å². The van der Waals surface area contributed by atoms with Gasteiger partial charge in [0, 0.05) is 6.04 Å². The van der Waals surface area contributed by atoms with Gasteiger partial charge in [-0.2, -0.15) is 5.10 Å². The molecule has 1 heterocycles. The molecule has 0 radical (unpaired) electrons. The number of carbonyl (C=O) groups excluding carboxylic acids is 1.